The Morgan fingerprint density at radius 2 is 1.83 bits per heavy atom. The molecule has 0 aliphatic rings. The van der Waals surface area contributed by atoms with Crippen LogP contribution < -0.4 is 0 Å². The van der Waals surface area contributed by atoms with E-state index in [4.69, 9.17) is 9.15 Å². The minimum Gasteiger partial charge on any atom is -0.466 e. The maximum atomic E-state index is 13.8. The molecule has 3 rings (SSSR count). The molecule has 0 radical (unpaired) electrons. The SMILES string of the molecule is Cc1ccc(CCC(=O)OC(c2c(C)nn(-c3ccccc3)c2C)C(F)(F)F)o1. The van der Waals surface area contributed by atoms with Crippen LogP contribution >= 0.6 is 0 Å². The summed E-state index contributed by atoms with van der Waals surface area (Å²) in [5, 5.41) is 4.23. The van der Waals surface area contributed by atoms with Gasteiger partial charge in [0.05, 0.1) is 17.8 Å². The minimum absolute atomic E-state index is 0.149. The fraction of sp³-hybridized carbons (Fsp3) is 0.333. The Labute approximate surface area is 166 Å². The van der Waals surface area contributed by atoms with Crippen molar-refractivity contribution in [3.05, 3.63) is 70.9 Å². The molecule has 2 heterocycles. The summed E-state index contributed by atoms with van der Waals surface area (Å²) < 4.78 is 53.0. The van der Waals surface area contributed by atoms with Crippen LogP contribution in [0.2, 0.25) is 0 Å². The average molecular weight is 406 g/mol. The fourth-order valence-electron chi connectivity index (χ4n) is 3.18. The number of hydrogen-bond donors (Lipinski definition) is 0. The lowest BCUT2D eigenvalue weighted by Gasteiger charge is -2.21. The Balaban J connectivity index is 1.84. The molecule has 0 amide bonds. The van der Waals surface area contributed by atoms with Gasteiger partial charge in [0.2, 0.25) is 6.10 Å². The second-order valence-corrected chi connectivity index (χ2v) is 6.76. The third-order valence-corrected chi connectivity index (χ3v) is 4.53. The van der Waals surface area contributed by atoms with Gasteiger partial charge in [-0.1, -0.05) is 18.2 Å². The van der Waals surface area contributed by atoms with E-state index in [-0.39, 0.29) is 29.8 Å². The van der Waals surface area contributed by atoms with Gasteiger partial charge < -0.3 is 9.15 Å². The molecular formula is C21H21F3N2O3. The Bertz CT molecular complexity index is 991. The van der Waals surface area contributed by atoms with E-state index in [1.165, 1.54) is 18.5 Å². The van der Waals surface area contributed by atoms with Crippen LogP contribution in [0.1, 0.15) is 41.0 Å². The number of para-hydroxylation sites is 1. The topological polar surface area (TPSA) is 57.3 Å². The van der Waals surface area contributed by atoms with E-state index in [1.54, 1.807) is 49.4 Å². The lowest BCUT2D eigenvalue weighted by molar-refractivity contribution is -0.224. The molecule has 0 N–H and O–H groups in total. The lowest BCUT2D eigenvalue weighted by atomic mass is 10.1. The summed E-state index contributed by atoms with van der Waals surface area (Å²) in [6.45, 7) is 4.75. The van der Waals surface area contributed by atoms with Gasteiger partial charge in [0, 0.05) is 17.7 Å². The molecule has 154 valence electrons. The highest BCUT2D eigenvalue weighted by Gasteiger charge is 2.46. The number of carbonyl (C=O) groups is 1. The summed E-state index contributed by atoms with van der Waals surface area (Å²) in [4.78, 5) is 12.2. The van der Waals surface area contributed by atoms with Crippen molar-refractivity contribution in [2.24, 2.45) is 0 Å². The largest absolute Gasteiger partial charge is 0.466 e. The number of furan rings is 1. The number of rotatable bonds is 6. The first-order valence-corrected chi connectivity index (χ1v) is 9.10. The van der Waals surface area contributed by atoms with E-state index >= 15 is 0 Å². The van der Waals surface area contributed by atoms with Crippen molar-refractivity contribution < 1.29 is 27.1 Å². The summed E-state index contributed by atoms with van der Waals surface area (Å²) in [5.41, 5.74) is 0.900. The number of aromatic nitrogens is 2. The molecule has 2 aromatic heterocycles. The molecule has 0 fully saturated rings. The summed E-state index contributed by atoms with van der Waals surface area (Å²) in [6, 6.07) is 12.2. The maximum Gasteiger partial charge on any atom is 0.429 e. The van der Waals surface area contributed by atoms with Crippen LogP contribution in [-0.2, 0) is 16.0 Å². The standard InChI is InChI=1S/C21H21F3N2O3/c1-13-9-10-17(28-13)11-12-18(27)29-20(21(22,23)24)19-14(2)25-26(15(19)3)16-7-5-4-6-8-16/h4-10,20H,11-12H2,1-3H3. The van der Waals surface area contributed by atoms with Crippen LogP contribution in [0.25, 0.3) is 5.69 Å². The molecule has 0 spiro atoms. The molecule has 0 saturated heterocycles. The lowest BCUT2D eigenvalue weighted by Crippen LogP contribution is -2.27. The van der Waals surface area contributed by atoms with Crippen molar-refractivity contribution in [1.82, 2.24) is 9.78 Å². The molecule has 0 aliphatic carbocycles. The normalized spacial score (nSPS) is 12.8. The zero-order valence-corrected chi connectivity index (χ0v) is 16.3. The highest BCUT2D eigenvalue weighted by molar-refractivity contribution is 5.70. The van der Waals surface area contributed by atoms with Crippen molar-refractivity contribution in [3.8, 4) is 5.69 Å². The quantitative estimate of drug-likeness (QED) is 0.530. The van der Waals surface area contributed by atoms with Crippen molar-refractivity contribution >= 4 is 5.97 Å². The van der Waals surface area contributed by atoms with Gasteiger partial charge in [-0.25, -0.2) is 4.68 Å². The molecule has 8 heteroatoms. The molecule has 0 bridgehead atoms. The van der Waals surface area contributed by atoms with E-state index in [0.29, 0.717) is 17.2 Å². The van der Waals surface area contributed by atoms with Crippen LogP contribution in [0.15, 0.2) is 46.9 Å². The molecule has 29 heavy (non-hydrogen) atoms. The predicted octanol–water partition coefficient (Wildman–Crippen LogP) is 5.17. The molecule has 0 saturated carbocycles. The monoisotopic (exact) mass is 406 g/mol. The van der Waals surface area contributed by atoms with E-state index in [2.05, 4.69) is 5.10 Å². The van der Waals surface area contributed by atoms with Gasteiger partial charge in [0.1, 0.15) is 11.5 Å². The highest BCUT2D eigenvalue weighted by atomic mass is 19.4. The van der Waals surface area contributed by atoms with Crippen LogP contribution in [-0.4, -0.2) is 21.9 Å². The van der Waals surface area contributed by atoms with Crippen LogP contribution in [0, 0.1) is 20.8 Å². The van der Waals surface area contributed by atoms with E-state index in [9.17, 15) is 18.0 Å². The molecule has 1 atom stereocenters. The van der Waals surface area contributed by atoms with Crippen molar-refractivity contribution in [2.75, 3.05) is 0 Å². The molecule has 3 aromatic rings. The third-order valence-electron chi connectivity index (χ3n) is 4.53. The number of carbonyl (C=O) groups excluding carboxylic acids is 1. The zero-order valence-electron chi connectivity index (χ0n) is 16.3. The summed E-state index contributed by atoms with van der Waals surface area (Å²) >= 11 is 0. The van der Waals surface area contributed by atoms with Gasteiger partial charge in [-0.3, -0.25) is 4.79 Å². The number of esters is 1. The average Bonchev–Trinajstić information content (AvgIpc) is 3.21. The third kappa shape index (κ3) is 4.70. The van der Waals surface area contributed by atoms with Gasteiger partial charge >= 0.3 is 12.1 Å². The minimum atomic E-state index is -4.77. The van der Waals surface area contributed by atoms with E-state index < -0.39 is 18.2 Å². The van der Waals surface area contributed by atoms with Crippen LogP contribution in [0.4, 0.5) is 13.2 Å². The Hall–Kier alpha value is -3.03. The van der Waals surface area contributed by atoms with Crippen LogP contribution in [0.3, 0.4) is 0 Å². The summed E-state index contributed by atoms with van der Waals surface area (Å²) in [7, 11) is 0. The molecule has 0 aliphatic heterocycles. The van der Waals surface area contributed by atoms with Crippen molar-refractivity contribution in [3.63, 3.8) is 0 Å². The van der Waals surface area contributed by atoms with Crippen molar-refractivity contribution in [1.29, 1.82) is 0 Å². The number of aryl methyl sites for hydroxylation is 3. The van der Waals surface area contributed by atoms with E-state index in [1.807, 2.05) is 0 Å². The van der Waals surface area contributed by atoms with Gasteiger partial charge in [-0.15, -0.1) is 0 Å². The van der Waals surface area contributed by atoms with Gasteiger partial charge in [-0.2, -0.15) is 18.3 Å². The van der Waals surface area contributed by atoms with Gasteiger partial charge in [-0.05, 0) is 45.0 Å². The number of benzene rings is 1. The number of nitrogens with zero attached hydrogens (tertiary/aromatic N) is 2. The number of hydrogen-bond acceptors (Lipinski definition) is 4. The Kier molecular flexibility index (Phi) is 5.81. The fourth-order valence-corrected chi connectivity index (χ4v) is 3.18. The smallest absolute Gasteiger partial charge is 0.429 e. The first kappa shape index (κ1) is 20.7. The second-order valence-electron chi connectivity index (χ2n) is 6.76. The van der Waals surface area contributed by atoms with Gasteiger partial charge in [0.15, 0.2) is 0 Å². The molecule has 5 nitrogen and oxygen atoms in total. The number of ether oxygens (including phenoxy) is 1. The summed E-state index contributed by atoms with van der Waals surface area (Å²) in [5.74, 6) is 0.237. The Morgan fingerprint density at radius 1 is 1.14 bits per heavy atom. The van der Waals surface area contributed by atoms with Crippen molar-refractivity contribution in [2.45, 2.75) is 45.9 Å². The zero-order chi connectivity index (χ0) is 21.2. The second kappa shape index (κ2) is 8.14. The maximum absolute atomic E-state index is 13.8. The number of alkyl halides is 3. The predicted molar refractivity (Wildman–Crippen MR) is 99.7 cm³/mol. The Morgan fingerprint density at radius 3 is 2.41 bits per heavy atom. The molecule has 1 unspecified atom stereocenters. The molecule has 1 aromatic carbocycles. The first-order valence-electron chi connectivity index (χ1n) is 9.10. The van der Waals surface area contributed by atoms with E-state index in [0.717, 1.165) is 0 Å². The van der Waals surface area contributed by atoms with Gasteiger partial charge in [0.25, 0.3) is 0 Å². The number of halogens is 3. The first-order chi connectivity index (χ1) is 13.7. The van der Waals surface area contributed by atoms with Crippen LogP contribution in [0.5, 0.6) is 0 Å². The molecular weight excluding hydrogens is 385 g/mol. The highest BCUT2D eigenvalue weighted by Crippen LogP contribution is 2.39. The summed E-state index contributed by atoms with van der Waals surface area (Å²) in [6.07, 6.45) is -7.20.